The second kappa shape index (κ2) is 10.5. The molecule has 1 aromatic carbocycles. The van der Waals surface area contributed by atoms with Crippen molar-refractivity contribution >= 4 is 23.3 Å². The highest BCUT2D eigenvalue weighted by Crippen LogP contribution is 2.35. The van der Waals surface area contributed by atoms with E-state index in [1.165, 1.54) is 4.88 Å². The van der Waals surface area contributed by atoms with E-state index in [-0.39, 0.29) is 30.6 Å². The van der Waals surface area contributed by atoms with Crippen LogP contribution in [0.4, 0.5) is 4.79 Å². The molecule has 1 fully saturated rings. The quantitative estimate of drug-likeness (QED) is 0.598. The fourth-order valence-electron chi connectivity index (χ4n) is 4.21. The van der Waals surface area contributed by atoms with E-state index in [9.17, 15) is 9.59 Å². The van der Waals surface area contributed by atoms with Crippen LogP contribution in [0.3, 0.4) is 0 Å². The van der Waals surface area contributed by atoms with Gasteiger partial charge in [-0.15, -0.1) is 11.3 Å². The summed E-state index contributed by atoms with van der Waals surface area (Å²) < 4.78 is 11.6. The van der Waals surface area contributed by atoms with Crippen molar-refractivity contribution in [3.8, 4) is 11.5 Å². The summed E-state index contributed by atoms with van der Waals surface area (Å²) in [6.07, 6.45) is 3.07. The number of urea groups is 1. The third-order valence-electron chi connectivity index (χ3n) is 6.08. The molecule has 1 aliphatic carbocycles. The van der Waals surface area contributed by atoms with Crippen LogP contribution in [-0.2, 0) is 11.2 Å². The van der Waals surface area contributed by atoms with Crippen LogP contribution in [0, 0.1) is 5.92 Å². The summed E-state index contributed by atoms with van der Waals surface area (Å²) in [6.45, 7) is 5.53. The normalized spacial score (nSPS) is 17.5. The highest BCUT2D eigenvalue weighted by Gasteiger charge is 2.35. The van der Waals surface area contributed by atoms with Gasteiger partial charge in [0, 0.05) is 24.0 Å². The number of carbonyl (C=O) groups is 2. The largest absolute Gasteiger partial charge is 0.493 e. The molecular weight excluding hydrogens is 438 g/mol. The average molecular weight is 472 g/mol. The predicted molar refractivity (Wildman–Crippen MR) is 129 cm³/mol. The average Bonchev–Trinajstić information content (AvgIpc) is 3.49. The van der Waals surface area contributed by atoms with Gasteiger partial charge in [0.2, 0.25) is 5.91 Å². The number of amides is 3. The molecule has 1 aromatic heterocycles. The molecule has 1 N–H and O–H groups in total. The maximum atomic E-state index is 13.5. The first kappa shape index (κ1) is 23.4. The van der Waals surface area contributed by atoms with Crippen molar-refractivity contribution in [1.29, 1.82) is 0 Å². The molecule has 1 atom stereocenters. The Hall–Kier alpha value is -2.74. The van der Waals surface area contributed by atoms with Gasteiger partial charge in [0.1, 0.15) is 13.2 Å². The van der Waals surface area contributed by atoms with Crippen LogP contribution in [0.25, 0.3) is 0 Å². The van der Waals surface area contributed by atoms with E-state index in [4.69, 9.17) is 9.47 Å². The fraction of sp³-hybridized carbons (Fsp3) is 0.520. The molecule has 2 aliphatic rings. The number of hydrogen-bond donors (Lipinski definition) is 1. The van der Waals surface area contributed by atoms with Crippen LogP contribution in [0.1, 0.15) is 43.2 Å². The summed E-state index contributed by atoms with van der Waals surface area (Å²) >= 11 is 1.72. The van der Waals surface area contributed by atoms with Crippen LogP contribution >= 0.6 is 11.3 Å². The Kier molecular flexibility index (Phi) is 7.42. The Morgan fingerprint density at radius 2 is 1.97 bits per heavy atom. The minimum Gasteiger partial charge on any atom is -0.493 e. The van der Waals surface area contributed by atoms with E-state index in [0.29, 0.717) is 37.1 Å². The summed E-state index contributed by atoms with van der Waals surface area (Å²) in [5.74, 6) is 1.78. The van der Waals surface area contributed by atoms with Gasteiger partial charge < -0.3 is 24.6 Å². The van der Waals surface area contributed by atoms with Crippen molar-refractivity contribution in [3.05, 3.63) is 46.2 Å². The molecule has 8 heteroatoms. The summed E-state index contributed by atoms with van der Waals surface area (Å²) in [5.41, 5.74) is 1.13. The van der Waals surface area contributed by atoms with Crippen LogP contribution in [-0.4, -0.2) is 61.1 Å². The summed E-state index contributed by atoms with van der Waals surface area (Å²) in [7, 11) is 1.62. The Balaban J connectivity index is 1.50. The number of carbonyl (C=O) groups excluding carboxylic acids is 2. The summed E-state index contributed by atoms with van der Waals surface area (Å²) in [6, 6.07) is 9.28. The number of benzene rings is 1. The molecule has 0 spiro atoms. The number of thiophene rings is 1. The van der Waals surface area contributed by atoms with E-state index in [2.05, 4.69) is 16.8 Å². The Morgan fingerprint density at radius 3 is 2.67 bits per heavy atom. The van der Waals surface area contributed by atoms with E-state index in [1.807, 2.05) is 43.0 Å². The smallest absolute Gasteiger partial charge is 0.318 e. The Morgan fingerprint density at radius 1 is 1.21 bits per heavy atom. The first-order chi connectivity index (χ1) is 16.0. The lowest BCUT2D eigenvalue weighted by molar-refractivity contribution is -0.135. The summed E-state index contributed by atoms with van der Waals surface area (Å²) in [5, 5.41) is 5.02. The van der Waals surface area contributed by atoms with Crippen molar-refractivity contribution in [1.82, 2.24) is 15.1 Å². The minimum atomic E-state index is -0.201. The first-order valence-electron chi connectivity index (χ1n) is 11.6. The molecule has 2 aromatic rings. The van der Waals surface area contributed by atoms with Gasteiger partial charge in [-0.3, -0.25) is 4.79 Å². The van der Waals surface area contributed by atoms with Crippen molar-refractivity contribution in [2.24, 2.45) is 5.92 Å². The summed E-state index contributed by atoms with van der Waals surface area (Å²) in [4.78, 5) is 31.1. The molecule has 3 amide bonds. The van der Waals surface area contributed by atoms with E-state index < -0.39 is 0 Å². The number of para-hydroxylation sites is 2. The van der Waals surface area contributed by atoms with Crippen molar-refractivity contribution in [2.75, 3.05) is 33.4 Å². The second-order valence-electron chi connectivity index (χ2n) is 9.04. The SMILES string of the molecule is COc1ccccc1OC[C@H]1c2ccsc2CCN1C(=O)CN(CC1CC1)C(=O)NC(C)C. The molecule has 178 valence electrons. The zero-order valence-corrected chi connectivity index (χ0v) is 20.4. The fourth-order valence-corrected chi connectivity index (χ4v) is 5.13. The number of nitrogens with one attached hydrogen (secondary N) is 1. The van der Waals surface area contributed by atoms with Gasteiger partial charge in [0.25, 0.3) is 0 Å². The number of fused-ring (bicyclic) bond motifs is 1. The molecule has 33 heavy (non-hydrogen) atoms. The molecule has 0 saturated heterocycles. The van der Waals surface area contributed by atoms with Crippen molar-refractivity contribution < 1.29 is 19.1 Å². The zero-order valence-electron chi connectivity index (χ0n) is 19.6. The number of nitrogens with zero attached hydrogens (tertiary/aromatic N) is 2. The number of hydrogen-bond acceptors (Lipinski definition) is 5. The first-order valence-corrected chi connectivity index (χ1v) is 12.5. The van der Waals surface area contributed by atoms with Gasteiger partial charge in [-0.25, -0.2) is 4.79 Å². The molecule has 1 aliphatic heterocycles. The molecule has 0 bridgehead atoms. The van der Waals surface area contributed by atoms with Crippen LogP contribution < -0.4 is 14.8 Å². The molecule has 4 rings (SSSR count). The lowest BCUT2D eigenvalue weighted by atomic mass is 10.0. The monoisotopic (exact) mass is 471 g/mol. The predicted octanol–water partition coefficient (Wildman–Crippen LogP) is 4.09. The van der Waals surface area contributed by atoms with Gasteiger partial charge in [0.05, 0.1) is 13.2 Å². The van der Waals surface area contributed by atoms with E-state index in [0.717, 1.165) is 24.8 Å². The van der Waals surface area contributed by atoms with Crippen LogP contribution in [0.15, 0.2) is 35.7 Å². The minimum absolute atomic E-state index is 0.0275. The second-order valence-corrected chi connectivity index (χ2v) is 10.0. The Bertz CT molecular complexity index is 972. The topological polar surface area (TPSA) is 71.1 Å². The van der Waals surface area contributed by atoms with E-state index in [1.54, 1.807) is 23.3 Å². The van der Waals surface area contributed by atoms with E-state index >= 15 is 0 Å². The molecular formula is C25H33N3O4S. The number of methoxy groups -OCH3 is 1. The standard InChI is InChI=1S/C25H33N3O4S/c1-17(2)26-25(30)27(14-18-8-9-18)15-24(29)28-12-10-23-19(11-13-33-23)20(28)16-32-22-7-5-4-6-21(22)31-3/h4-7,11,13,17-18,20H,8-10,12,14-16H2,1-3H3,(H,26,30)/t20-/m0/s1. The lowest BCUT2D eigenvalue weighted by Gasteiger charge is -2.37. The third-order valence-corrected chi connectivity index (χ3v) is 7.08. The molecule has 0 radical (unpaired) electrons. The van der Waals surface area contributed by atoms with Gasteiger partial charge in [-0.05, 0) is 68.2 Å². The van der Waals surface area contributed by atoms with Gasteiger partial charge in [-0.2, -0.15) is 0 Å². The molecule has 2 heterocycles. The van der Waals surface area contributed by atoms with Gasteiger partial charge in [0.15, 0.2) is 11.5 Å². The molecule has 0 unspecified atom stereocenters. The lowest BCUT2D eigenvalue weighted by Crippen LogP contribution is -2.51. The Labute approximate surface area is 199 Å². The molecule has 7 nitrogen and oxygen atoms in total. The number of rotatable bonds is 9. The third kappa shape index (κ3) is 5.79. The maximum Gasteiger partial charge on any atom is 0.318 e. The maximum absolute atomic E-state index is 13.5. The zero-order chi connectivity index (χ0) is 23.4. The van der Waals surface area contributed by atoms with Crippen LogP contribution in [0.5, 0.6) is 11.5 Å². The number of ether oxygens (including phenoxy) is 2. The molecule has 1 saturated carbocycles. The van der Waals surface area contributed by atoms with Gasteiger partial charge in [-0.1, -0.05) is 12.1 Å². The highest BCUT2D eigenvalue weighted by molar-refractivity contribution is 7.10. The van der Waals surface area contributed by atoms with Gasteiger partial charge >= 0.3 is 6.03 Å². The van der Waals surface area contributed by atoms with Crippen LogP contribution in [0.2, 0.25) is 0 Å². The van der Waals surface area contributed by atoms with Crippen molar-refractivity contribution in [3.63, 3.8) is 0 Å². The highest BCUT2D eigenvalue weighted by atomic mass is 32.1. The van der Waals surface area contributed by atoms with Crippen molar-refractivity contribution in [2.45, 2.75) is 45.2 Å².